The summed E-state index contributed by atoms with van der Waals surface area (Å²) in [4.78, 5) is 28.8. The molecule has 36 heavy (non-hydrogen) atoms. The van der Waals surface area contributed by atoms with Crippen molar-refractivity contribution in [2.75, 3.05) is 32.8 Å². The van der Waals surface area contributed by atoms with Gasteiger partial charge in [-0.2, -0.15) is 0 Å². The van der Waals surface area contributed by atoms with Crippen LogP contribution in [0.2, 0.25) is 0 Å². The van der Waals surface area contributed by atoms with E-state index in [0.29, 0.717) is 23.9 Å². The lowest BCUT2D eigenvalue weighted by atomic mass is 9.96. The summed E-state index contributed by atoms with van der Waals surface area (Å²) in [7, 11) is 0. The molecule has 2 fully saturated rings. The summed E-state index contributed by atoms with van der Waals surface area (Å²) in [5.74, 6) is -1.04. The van der Waals surface area contributed by atoms with Crippen LogP contribution >= 0.6 is 24.8 Å². The summed E-state index contributed by atoms with van der Waals surface area (Å²) in [5.41, 5.74) is 1.41. The molecule has 2 N–H and O–H groups in total. The van der Waals surface area contributed by atoms with Crippen molar-refractivity contribution in [3.05, 3.63) is 65.5 Å². The summed E-state index contributed by atoms with van der Waals surface area (Å²) >= 11 is 0. The third-order valence-electron chi connectivity index (χ3n) is 6.76. The van der Waals surface area contributed by atoms with Crippen LogP contribution in [0.3, 0.4) is 0 Å². The topological polar surface area (TPSA) is 82.1 Å². The minimum Gasteiger partial charge on any atom is -0.482 e. The van der Waals surface area contributed by atoms with Crippen molar-refractivity contribution >= 4 is 36.7 Å². The van der Waals surface area contributed by atoms with E-state index in [4.69, 9.17) is 9.84 Å². The van der Waals surface area contributed by atoms with Crippen LogP contribution in [0, 0.1) is 5.82 Å². The van der Waals surface area contributed by atoms with Crippen molar-refractivity contribution in [1.82, 2.24) is 15.1 Å². The molecule has 2 aromatic rings. The lowest BCUT2D eigenvalue weighted by Crippen LogP contribution is -2.51. The van der Waals surface area contributed by atoms with E-state index in [2.05, 4.69) is 10.2 Å². The van der Waals surface area contributed by atoms with E-state index < -0.39 is 12.6 Å². The first-order valence-corrected chi connectivity index (χ1v) is 11.9. The van der Waals surface area contributed by atoms with E-state index in [9.17, 15) is 14.0 Å². The van der Waals surface area contributed by atoms with E-state index in [1.807, 2.05) is 4.90 Å². The molecule has 1 amide bonds. The van der Waals surface area contributed by atoms with Gasteiger partial charge in [0.25, 0.3) is 5.91 Å². The summed E-state index contributed by atoms with van der Waals surface area (Å²) in [6.45, 7) is 4.03. The number of hydrogen-bond donors (Lipinski definition) is 2. The number of carbonyl (C=O) groups is 2. The number of carboxylic acids is 1. The average Bonchev–Trinajstić information content (AvgIpc) is 2.88. The summed E-state index contributed by atoms with van der Waals surface area (Å²) in [5, 5.41) is 12.2. The molecule has 0 radical (unpaired) electrons. The van der Waals surface area contributed by atoms with Crippen LogP contribution < -0.4 is 10.1 Å². The molecule has 2 aliphatic rings. The smallest absolute Gasteiger partial charge is 0.341 e. The van der Waals surface area contributed by atoms with Crippen LogP contribution in [0.1, 0.15) is 41.6 Å². The molecular formula is C26H34Cl2FN3O4. The predicted molar refractivity (Wildman–Crippen MR) is 141 cm³/mol. The van der Waals surface area contributed by atoms with Crippen molar-refractivity contribution in [3.8, 4) is 5.75 Å². The fourth-order valence-corrected chi connectivity index (χ4v) is 4.89. The minimum absolute atomic E-state index is 0. The molecule has 0 saturated carbocycles. The molecule has 0 aliphatic carbocycles. The highest BCUT2D eigenvalue weighted by Gasteiger charge is 2.31. The summed E-state index contributed by atoms with van der Waals surface area (Å²) in [6, 6.07) is 13.6. The first-order chi connectivity index (χ1) is 16.5. The number of halogens is 3. The number of ether oxygens (including phenoxy) is 1. The van der Waals surface area contributed by atoms with Crippen molar-refractivity contribution in [2.45, 2.75) is 44.3 Å². The average molecular weight is 542 g/mol. The fourth-order valence-electron chi connectivity index (χ4n) is 4.89. The largest absolute Gasteiger partial charge is 0.482 e. The molecule has 4 rings (SSSR count). The van der Waals surface area contributed by atoms with Gasteiger partial charge in [0.1, 0.15) is 11.6 Å². The molecule has 0 unspecified atom stereocenters. The van der Waals surface area contributed by atoms with E-state index in [1.54, 1.807) is 36.4 Å². The highest BCUT2D eigenvalue weighted by molar-refractivity contribution is 5.94. The maximum Gasteiger partial charge on any atom is 0.341 e. The normalized spacial score (nSPS) is 16.9. The van der Waals surface area contributed by atoms with Gasteiger partial charge in [-0.15, -0.1) is 24.8 Å². The Hall–Kier alpha value is -2.39. The predicted octanol–water partition coefficient (Wildman–Crippen LogP) is 3.99. The molecule has 0 bridgehead atoms. The maximum absolute atomic E-state index is 13.6. The van der Waals surface area contributed by atoms with Gasteiger partial charge in [0.05, 0.1) is 0 Å². The lowest BCUT2D eigenvalue weighted by Gasteiger charge is -2.42. The first-order valence-electron chi connectivity index (χ1n) is 11.9. The summed E-state index contributed by atoms with van der Waals surface area (Å²) in [6.07, 6.45) is 4.13. The molecule has 10 heteroatoms. The number of benzene rings is 2. The van der Waals surface area contributed by atoms with Gasteiger partial charge in [0.2, 0.25) is 0 Å². The monoisotopic (exact) mass is 541 g/mol. The van der Waals surface area contributed by atoms with Crippen LogP contribution in [-0.4, -0.2) is 71.7 Å². The van der Waals surface area contributed by atoms with Gasteiger partial charge in [-0.25, -0.2) is 9.18 Å². The van der Waals surface area contributed by atoms with Crippen LogP contribution in [-0.2, 0) is 11.3 Å². The highest BCUT2D eigenvalue weighted by atomic mass is 35.5. The molecule has 7 nitrogen and oxygen atoms in total. The number of aliphatic carboxylic acids is 1. The van der Waals surface area contributed by atoms with Crippen LogP contribution in [0.5, 0.6) is 5.75 Å². The zero-order valence-corrected chi connectivity index (χ0v) is 21.7. The second-order valence-corrected chi connectivity index (χ2v) is 9.01. The number of rotatable bonds is 8. The van der Waals surface area contributed by atoms with Crippen LogP contribution in [0.15, 0.2) is 48.5 Å². The van der Waals surface area contributed by atoms with E-state index >= 15 is 0 Å². The zero-order chi connectivity index (χ0) is 23.9. The van der Waals surface area contributed by atoms with Gasteiger partial charge in [-0.3, -0.25) is 4.79 Å². The lowest BCUT2D eigenvalue weighted by molar-refractivity contribution is -0.139. The van der Waals surface area contributed by atoms with Crippen molar-refractivity contribution < 1.29 is 23.8 Å². The Bertz CT molecular complexity index is 964. The first kappa shape index (κ1) is 29.8. The molecule has 2 saturated heterocycles. The van der Waals surface area contributed by atoms with Crippen molar-refractivity contribution in [2.24, 2.45) is 0 Å². The van der Waals surface area contributed by atoms with E-state index in [-0.39, 0.29) is 42.6 Å². The number of likely N-dealkylation sites (tertiary alicyclic amines) is 1. The number of piperidine rings is 2. The van der Waals surface area contributed by atoms with Gasteiger partial charge in [0.15, 0.2) is 6.61 Å². The second kappa shape index (κ2) is 14.4. The van der Waals surface area contributed by atoms with Crippen molar-refractivity contribution in [1.29, 1.82) is 0 Å². The molecule has 2 aliphatic heterocycles. The Kier molecular flexibility index (Phi) is 11.9. The highest BCUT2D eigenvalue weighted by Crippen LogP contribution is 2.25. The number of carboxylic acid groups (broad SMARTS) is 1. The Morgan fingerprint density at radius 3 is 2.17 bits per heavy atom. The standard InChI is InChI=1S/C26H32FN3O4.2ClH/c27-21-5-1-19(2-6-21)17-30(23-11-15-29(16-12-23)22-9-13-28-14-10-22)26(33)20-3-7-24(8-4-20)34-18-25(31)32;;/h1-8,22-23,28H,9-18H2,(H,31,32);2*1H. The van der Waals surface area contributed by atoms with Crippen LogP contribution in [0.25, 0.3) is 0 Å². The van der Waals surface area contributed by atoms with Gasteiger partial charge in [0, 0.05) is 37.3 Å². The van der Waals surface area contributed by atoms with Crippen LogP contribution in [0.4, 0.5) is 4.39 Å². The molecular weight excluding hydrogens is 508 g/mol. The SMILES string of the molecule is Cl.Cl.O=C(O)COc1ccc(C(=O)N(Cc2ccc(F)cc2)C2CCN(C3CCNCC3)CC2)cc1. The Balaban J connectivity index is 0.00000228. The molecule has 198 valence electrons. The minimum atomic E-state index is -1.05. The number of hydrogen-bond acceptors (Lipinski definition) is 5. The molecule has 0 spiro atoms. The third kappa shape index (κ3) is 8.06. The zero-order valence-electron chi connectivity index (χ0n) is 20.1. The number of carbonyl (C=O) groups excluding carboxylic acids is 1. The van der Waals surface area contributed by atoms with Gasteiger partial charge in [-0.1, -0.05) is 12.1 Å². The third-order valence-corrected chi connectivity index (χ3v) is 6.76. The fraction of sp³-hybridized carbons (Fsp3) is 0.462. The quantitative estimate of drug-likeness (QED) is 0.525. The summed E-state index contributed by atoms with van der Waals surface area (Å²) < 4.78 is 18.6. The molecule has 0 atom stereocenters. The Morgan fingerprint density at radius 2 is 1.58 bits per heavy atom. The molecule has 2 aromatic carbocycles. The van der Waals surface area contributed by atoms with E-state index in [1.165, 1.54) is 25.0 Å². The Morgan fingerprint density at radius 1 is 0.972 bits per heavy atom. The van der Waals surface area contributed by atoms with Gasteiger partial charge in [-0.05, 0) is 80.7 Å². The van der Waals surface area contributed by atoms with Crippen molar-refractivity contribution in [3.63, 3.8) is 0 Å². The van der Waals surface area contributed by atoms with E-state index in [0.717, 1.165) is 44.6 Å². The second-order valence-electron chi connectivity index (χ2n) is 9.01. The molecule has 2 heterocycles. The van der Waals surface area contributed by atoms with Gasteiger partial charge >= 0.3 is 5.97 Å². The molecule has 0 aromatic heterocycles. The maximum atomic E-state index is 13.6. The Labute approximate surface area is 223 Å². The number of amides is 1. The van der Waals surface area contributed by atoms with Gasteiger partial charge < -0.3 is 25.0 Å². The number of nitrogens with zero attached hydrogens (tertiary/aromatic N) is 2. The number of nitrogens with one attached hydrogen (secondary N) is 1.